The van der Waals surface area contributed by atoms with Gasteiger partial charge >= 0.3 is 0 Å². The molecule has 0 unspecified atom stereocenters. The third-order valence-corrected chi connectivity index (χ3v) is 3.35. The van der Waals surface area contributed by atoms with Crippen LogP contribution < -0.4 is 5.73 Å². The van der Waals surface area contributed by atoms with Crippen LogP contribution in [0, 0.1) is 5.92 Å². The van der Waals surface area contributed by atoms with E-state index in [-0.39, 0.29) is 5.91 Å². The van der Waals surface area contributed by atoms with E-state index >= 15 is 0 Å². The maximum absolute atomic E-state index is 12.1. The normalized spacial score (nSPS) is 10.6. The summed E-state index contributed by atoms with van der Waals surface area (Å²) in [6, 6.07) is 5.30. The zero-order valence-corrected chi connectivity index (χ0v) is 12.1. The van der Waals surface area contributed by atoms with Crippen LogP contribution in [0.1, 0.15) is 30.6 Å². The lowest BCUT2D eigenvalue weighted by molar-refractivity contribution is 0.0789. The number of hydrogen-bond donors (Lipinski definition) is 1. The lowest BCUT2D eigenvalue weighted by atomic mass is 10.1. The molecule has 1 aromatic rings. The van der Waals surface area contributed by atoms with Gasteiger partial charge in [0.25, 0.3) is 5.91 Å². The standard InChI is InChI=1S/C13H19BrN2O/c1-9(2)6-7-16(3)13(17)10-4-5-11(14)12(15)8-10/h4-5,8-9H,6-7,15H2,1-3H3. The van der Waals surface area contributed by atoms with Crippen molar-refractivity contribution in [3.63, 3.8) is 0 Å². The minimum absolute atomic E-state index is 0.0184. The van der Waals surface area contributed by atoms with E-state index in [4.69, 9.17) is 5.73 Å². The van der Waals surface area contributed by atoms with Crippen molar-refractivity contribution in [1.82, 2.24) is 4.90 Å². The van der Waals surface area contributed by atoms with Gasteiger partial charge < -0.3 is 10.6 Å². The molecule has 4 heteroatoms. The molecule has 0 saturated carbocycles. The second kappa shape index (κ2) is 6.05. The van der Waals surface area contributed by atoms with Gasteiger partial charge in [0.2, 0.25) is 0 Å². The zero-order chi connectivity index (χ0) is 13.0. The van der Waals surface area contributed by atoms with Crippen molar-refractivity contribution in [3.05, 3.63) is 28.2 Å². The molecule has 17 heavy (non-hydrogen) atoms. The molecule has 0 heterocycles. The van der Waals surface area contributed by atoms with Gasteiger partial charge in [0.15, 0.2) is 0 Å². The van der Waals surface area contributed by atoms with Gasteiger partial charge in [0, 0.05) is 29.3 Å². The van der Waals surface area contributed by atoms with E-state index in [0.29, 0.717) is 17.2 Å². The first kappa shape index (κ1) is 14.0. The molecule has 0 saturated heterocycles. The monoisotopic (exact) mass is 298 g/mol. The summed E-state index contributed by atoms with van der Waals surface area (Å²) < 4.78 is 0.818. The minimum Gasteiger partial charge on any atom is -0.398 e. The summed E-state index contributed by atoms with van der Waals surface area (Å²) in [4.78, 5) is 13.8. The molecule has 3 nitrogen and oxygen atoms in total. The molecule has 0 atom stereocenters. The number of halogens is 1. The van der Waals surface area contributed by atoms with E-state index in [1.54, 1.807) is 23.1 Å². The van der Waals surface area contributed by atoms with E-state index in [1.165, 1.54) is 0 Å². The highest BCUT2D eigenvalue weighted by atomic mass is 79.9. The molecule has 1 amide bonds. The summed E-state index contributed by atoms with van der Waals surface area (Å²) in [7, 11) is 1.82. The van der Waals surface area contributed by atoms with E-state index in [9.17, 15) is 4.79 Å². The molecule has 0 radical (unpaired) electrons. The van der Waals surface area contributed by atoms with Crippen LogP contribution in [0.5, 0.6) is 0 Å². The minimum atomic E-state index is 0.0184. The summed E-state index contributed by atoms with van der Waals surface area (Å²) >= 11 is 3.32. The molecule has 1 rings (SSSR count). The molecular formula is C13H19BrN2O. The predicted octanol–water partition coefficient (Wildman–Crippen LogP) is 3.15. The smallest absolute Gasteiger partial charge is 0.253 e. The zero-order valence-electron chi connectivity index (χ0n) is 10.5. The summed E-state index contributed by atoms with van der Waals surface area (Å²) in [5.41, 5.74) is 6.99. The van der Waals surface area contributed by atoms with Crippen molar-refractivity contribution >= 4 is 27.5 Å². The number of benzene rings is 1. The number of nitrogens with two attached hydrogens (primary N) is 1. The quantitative estimate of drug-likeness (QED) is 0.868. The summed E-state index contributed by atoms with van der Waals surface area (Å²) in [5, 5.41) is 0. The highest BCUT2D eigenvalue weighted by molar-refractivity contribution is 9.10. The van der Waals surface area contributed by atoms with Crippen LogP contribution in [-0.2, 0) is 0 Å². The maximum Gasteiger partial charge on any atom is 0.253 e. The first-order chi connectivity index (χ1) is 7.91. The highest BCUT2D eigenvalue weighted by Crippen LogP contribution is 2.21. The summed E-state index contributed by atoms with van der Waals surface area (Å²) in [6.45, 7) is 5.07. The van der Waals surface area contributed by atoms with Crippen LogP contribution in [-0.4, -0.2) is 24.4 Å². The van der Waals surface area contributed by atoms with Crippen LogP contribution in [0.25, 0.3) is 0 Å². The fourth-order valence-electron chi connectivity index (χ4n) is 1.45. The number of hydrogen-bond acceptors (Lipinski definition) is 2. The number of nitrogen functional groups attached to an aromatic ring is 1. The van der Waals surface area contributed by atoms with Crippen LogP contribution in [0.3, 0.4) is 0 Å². The summed E-state index contributed by atoms with van der Waals surface area (Å²) in [6.07, 6.45) is 1.01. The third kappa shape index (κ3) is 4.04. The molecule has 2 N–H and O–H groups in total. The van der Waals surface area contributed by atoms with Gasteiger partial charge in [0.05, 0.1) is 0 Å². The van der Waals surface area contributed by atoms with Crippen molar-refractivity contribution in [2.75, 3.05) is 19.3 Å². The first-order valence-electron chi connectivity index (χ1n) is 5.72. The Balaban J connectivity index is 2.71. The Labute approximate surface area is 111 Å². The number of carbonyl (C=O) groups excluding carboxylic acids is 1. The van der Waals surface area contributed by atoms with Gasteiger partial charge in [0.1, 0.15) is 0 Å². The molecule has 0 bridgehead atoms. The van der Waals surface area contributed by atoms with Crippen molar-refractivity contribution in [1.29, 1.82) is 0 Å². The van der Waals surface area contributed by atoms with Gasteiger partial charge in [-0.1, -0.05) is 13.8 Å². The molecule has 0 aliphatic heterocycles. The Hall–Kier alpha value is -1.03. The lowest BCUT2D eigenvalue weighted by Crippen LogP contribution is -2.28. The van der Waals surface area contributed by atoms with Gasteiger partial charge in [-0.2, -0.15) is 0 Å². The first-order valence-corrected chi connectivity index (χ1v) is 6.51. The second-order valence-electron chi connectivity index (χ2n) is 4.65. The topological polar surface area (TPSA) is 46.3 Å². The van der Waals surface area contributed by atoms with Crippen LogP contribution >= 0.6 is 15.9 Å². The van der Waals surface area contributed by atoms with Crippen molar-refractivity contribution in [2.24, 2.45) is 5.92 Å². The van der Waals surface area contributed by atoms with Crippen molar-refractivity contribution < 1.29 is 4.79 Å². The fourth-order valence-corrected chi connectivity index (χ4v) is 1.70. The van der Waals surface area contributed by atoms with Crippen LogP contribution in [0.15, 0.2) is 22.7 Å². The number of nitrogens with zero attached hydrogens (tertiary/aromatic N) is 1. The Morgan fingerprint density at radius 1 is 1.47 bits per heavy atom. The largest absolute Gasteiger partial charge is 0.398 e. The molecule has 0 aliphatic rings. The Morgan fingerprint density at radius 2 is 2.12 bits per heavy atom. The SMILES string of the molecule is CC(C)CCN(C)C(=O)c1ccc(Br)c(N)c1. The second-order valence-corrected chi connectivity index (χ2v) is 5.50. The van der Waals surface area contributed by atoms with E-state index in [0.717, 1.165) is 17.4 Å². The van der Waals surface area contributed by atoms with Gasteiger partial charge in [-0.15, -0.1) is 0 Å². The molecule has 94 valence electrons. The predicted molar refractivity (Wildman–Crippen MR) is 75.0 cm³/mol. The Morgan fingerprint density at radius 3 is 2.65 bits per heavy atom. The molecule has 0 fully saturated rings. The van der Waals surface area contributed by atoms with Crippen molar-refractivity contribution in [2.45, 2.75) is 20.3 Å². The Kier molecular flexibility index (Phi) is 5.00. The average molecular weight is 299 g/mol. The molecule has 1 aromatic carbocycles. The molecular weight excluding hydrogens is 280 g/mol. The maximum atomic E-state index is 12.1. The van der Waals surface area contributed by atoms with E-state index in [2.05, 4.69) is 29.8 Å². The number of rotatable bonds is 4. The van der Waals surface area contributed by atoms with Crippen LogP contribution in [0.4, 0.5) is 5.69 Å². The van der Waals surface area contributed by atoms with Gasteiger partial charge in [-0.05, 0) is 46.5 Å². The average Bonchev–Trinajstić information content (AvgIpc) is 2.28. The molecule has 0 spiro atoms. The number of amides is 1. The third-order valence-electron chi connectivity index (χ3n) is 2.63. The lowest BCUT2D eigenvalue weighted by Gasteiger charge is -2.18. The highest BCUT2D eigenvalue weighted by Gasteiger charge is 2.12. The number of anilines is 1. The van der Waals surface area contributed by atoms with Gasteiger partial charge in [-0.3, -0.25) is 4.79 Å². The van der Waals surface area contributed by atoms with E-state index in [1.807, 2.05) is 7.05 Å². The number of carbonyl (C=O) groups is 1. The van der Waals surface area contributed by atoms with Crippen LogP contribution in [0.2, 0.25) is 0 Å². The Bertz CT molecular complexity index is 404. The van der Waals surface area contributed by atoms with Crippen molar-refractivity contribution in [3.8, 4) is 0 Å². The summed E-state index contributed by atoms with van der Waals surface area (Å²) in [5.74, 6) is 0.616. The molecule has 0 aromatic heterocycles. The fraction of sp³-hybridized carbons (Fsp3) is 0.462. The van der Waals surface area contributed by atoms with Gasteiger partial charge in [-0.25, -0.2) is 0 Å². The van der Waals surface area contributed by atoms with E-state index < -0.39 is 0 Å². The molecule has 0 aliphatic carbocycles.